The highest BCUT2D eigenvalue weighted by Crippen LogP contribution is 2.23. The monoisotopic (exact) mass is 403 g/mol. The molecule has 0 aliphatic rings. The van der Waals surface area contributed by atoms with E-state index in [4.69, 9.17) is 20.8 Å². The van der Waals surface area contributed by atoms with Gasteiger partial charge in [-0.05, 0) is 43.3 Å². The predicted molar refractivity (Wildman–Crippen MR) is 105 cm³/mol. The molecule has 8 heteroatoms. The van der Waals surface area contributed by atoms with Gasteiger partial charge in [-0.2, -0.15) is 0 Å². The van der Waals surface area contributed by atoms with Gasteiger partial charge in [-0.1, -0.05) is 41.1 Å². The number of amides is 1. The van der Waals surface area contributed by atoms with Crippen LogP contribution in [-0.4, -0.2) is 35.0 Å². The van der Waals surface area contributed by atoms with Crippen molar-refractivity contribution in [2.24, 2.45) is 0 Å². The van der Waals surface area contributed by atoms with E-state index in [0.29, 0.717) is 35.0 Å². The van der Waals surface area contributed by atoms with Crippen molar-refractivity contribution in [3.8, 4) is 17.2 Å². The summed E-state index contributed by atoms with van der Waals surface area (Å²) >= 11 is 7.01. The van der Waals surface area contributed by atoms with E-state index in [1.807, 2.05) is 31.2 Å². The number of nitrogens with zero attached hydrogens (tertiary/aromatic N) is 2. The van der Waals surface area contributed by atoms with E-state index in [2.05, 4.69) is 15.5 Å². The molecule has 3 aromatic rings. The van der Waals surface area contributed by atoms with E-state index < -0.39 is 0 Å². The van der Waals surface area contributed by atoms with Gasteiger partial charge in [0.15, 0.2) is 0 Å². The summed E-state index contributed by atoms with van der Waals surface area (Å²) in [4.78, 5) is 11.9. The summed E-state index contributed by atoms with van der Waals surface area (Å²) < 4.78 is 11.1. The maximum Gasteiger partial charge on any atom is 0.277 e. The van der Waals surface area contributed by atoms with Crippen molar-refractivity contribution >= 4 is 29.3 Å². The maximum absolute atomic E-state index is 11.9. The minimum absolute atomic E-state index is 0.130. The van der Waals surface area contributed by atoms with Gasteiger partial charge in [0.1, 0.15) is 12.4 Å². The highest BCUT2D eigenvalue weighted by molar-refractivity contribution is 7.99. The number of ether oxygens (including phenoxy) is 1. The molecule has 0 fully saturated rings. The molecule has 1 amide bonds. The summed E-state index contributed by atoms with van der Waals surface area (Å²) in [5.41, 5.74) is 2.01. The van der Waals surface area contributed by atoms with E-state index in [0.717, 1.165) is 11.1 Å². The molecule has 0 radical (unpaired) electrons. The molecule has 0 aliphatic carbocycles. The van der Waals surface area contributed by atoms with E-state index in [9.17, 15) is 4.79 Å². The highest BCUT2D eigenvalue weighted by Gasteiger charge is 2.11. The van der Waals surface area contributed by atoms with Gasteiger partial charge in [-0.3, -0.25) is 4.79 Å². The third kappa shape index (κ3) is 6.01. The normalized spacial score (nSPS) is 10.6. The molecule has 140 valence electrons. The Morgan fingerprint density at radius 2 is 1.89 bits per heavy atom. The summed E-state index contributed by atoms with van der Waals surface area (Å²) in [6, 6.07) is 14.9. The lowest BCUT2D eigenvalue weighted by atomic mass is 10.1. The first-order valence-corrected chi connectivity index (χ1v) is 9.65. The molecule has 0 bridgehead atoms. The van der Waals surface area contributed by atoms with E-state index >= 15 is 0 Å². The lowest BCUT2D eigenvalue weighted by Gasteiger charge is -2.07. The average Bonchev–Trinajstić information content (AvgIpc) is 3.14. The molecule has 6 nitrogen and oxygen atoms in total. The van der Waals surface area contributed by atoms with Gasteiger partial charge in [0.2, 0.25) is 11.8 Å². The molecular formula is C19H18ClN3O3S. The second-order valence-corrected chi connectivity index (χ2v) is 7.04. The first-order valence-electron chi connectivity index (χ1n) is 8.28. The number of hydrogen-bond donors (Lipinski definition) is 1. The molecule has 0 atom stereocenters. The molecule has 27 heavy (non-hydrogen) atoms. The number of carbonyl (C=O) groups is 1. The van der Waals surface area contributed by atoms with Gasteiger partial charge in [-0.15, -0.1) is 10.2 Å². The fourth-order valence-corrected chi connectivity index (χ4v) is 2.87. The SMILES string of the molecule is Cc1ccc(-c2nnc(SCC(=O)NCCOc3ccc(Cl)cc3)o2)cc1. The Morgan fingerprint density at radius 3 is 2.63 bits per heavy atom. The van der Waals surface area contributed by atoms with Crippen LogP contribution in [0, 0.1) is 6.92 Å². The van der Waals surface area contributed by atoms with Crippen LogP contribution in [0.4, 0.5) is 0 Å². The van der Waals surface area contributed by atoms with E-state index in [1.54, 1.807) is 24.3 Å². The molecular weight excluding hydrogens is 386 g/mol. The van der Waals surface area contributed by atoms with Crippen molar-refractivity contribution in [1.82, 2.24) is 15.5 Å². The quantitative estimate of drug-likeness (QED) is 0.452. The number of aromatic nitrogens is 2. The number of halogens is 1. The molecule has 2 aromatic carbocycles. The molecule has 1 heterocycles. The summed E-state index contributed by atoms with van der Waals surface area (Å²) in [6.45, 7) is 2.79. The van der Waals surface area contributed by atoms with Crippen LogP contribution < -0.4 is 10.1 Å². The van der Waals surface area contributed by atoms with Gasteiger partial charge in [0.05, 0.1) is 12.3 Å². The maximum atomic E-state index is 11.9. The summed E-state index contributed by atoms with van der Waals surface area (Å²) in [5, 5.41) is 11.8. The second kappa shape index (κ2) is 9.43. The zero-order valence-electron chi connectivity index (χ0n) is 14.6. The molecule has 0 saturated heterocycles. The Balaban J connectivity index is 1.38. The zero-order chi connectivity index (χ0) is 19.1. The van der Waals surface area contributed by atoms with E-state index in [-0.39, 0.29) is 11.7 Å². The minimum Gasteiger partial charge on any atom is -0.492 e. The van der Waals surface area contributed by atoms with Crippen LogP contribution in [0.1, 0.15) is 5.56 Å². The number of hydrogen-bond acceptors (Lipinski definition) is 6. The second-order valence-electron chi connectivity index (χ2n) is 5.68. The number of carbonyl (C=O) groups excluding carboxylic acids is 1. The van der Waals surface area contributed by atoms with Crippen LogP contribution in [0.3, 0.4) is 0 Å². The Hall–Kier alpha value is -2.51. The third-order valence-corrected chi connectivity index (χ3v) is 4.61. The van der Waals surface area contributed by atoms with Crippen molar-refractivity contribution in [1.29, 1.82) is 0 Å². The topological polar surface area (TPSA) is 77.2 Å². The largest absolute Gasteiger partial charge is 0.492 e. The number of nitrogens with one attached hydrogen (secondary N) is 1. The van der Waals surface area contributed by atoms with Gasteiger partial charge in [-0.25, -0.2) is 0 Å². The molecule has 3 rings (SSSR count). The van der Waals surface area contributed by atoms with Crippen LogP contribution in [0.5, 0.6) is 5.75 Å². The first kappa shape index (κ1) is 19.3. The fourth-order valence-electron chi connectivity index (χ4n) is 2.15. The first-order chi connectivity index (χ1) is 13.1. The molecule has 0 saturated carbocycles. The summed E-state index contributed by atoms with van der Waals surface area (Å²) in [7, 11) is 0. The third-order valence-electron chi connectivity index (χ3n) is 3.54. The van der Waals surface area contributed by atoms with E-state index in [1.165, 1.54) is 11.8 Å². The van der Waals surface area contributed by atoms with Crippen LogP contribution in [-0.2, 0) is 4.79 Å². The molecule has 0 aliphatic heterocycles. The standard InChI is InChI=1S/C19H18ClN3O3S/c1-13-2-4-14(5-3-13)18-22-23-19(26-18)27-12-17(24)21-10-11-25-16-8-6-15(20)7-9-16/h2-9H,10-12H2,1H3,(H,21,24). The Kier molecular flexibility index (Phi) is 6.73. The van der Waals surface area contributed by atoms with Crippen LogP contribution >= 0.6 is 23.4 Å². The number of aryl methyl sites for hydroxylation is 1. The lowest BCUT2D eigenvalue weighted by Crippen LogP contribution is -2.29. The van der Waals surface area contributed by atoms with Gasteiger partial charge >= 0.3 is 0 Å². The Morgan fingerprint density at radius 1 is 1.15 bits per heavy atom. The molecule has 1 N–H and O–H groups in total. The van der Waals surface area contributed by atoms with Crippen molar-refractivity contribution in [3.63, 3.8) is 0 Å². The predicted octanol–water partition coefficient (Wildman–Crippen LogP) is 3.99. The summed E-state index contributed by atoms with van der Waals surface area (Å²) in [6.07, 6.45) is 0. The fraction of sp³-hybridized carbons (Fsp3) is 0.211. The van der Waals surface area contributed by atoms with Crippen molar-refractivity contribution in [2.75, 3.05) is 18.9 Å². The average molecular weight is 404 g/mol. The lowest BCUT2D eigenvalue weighted by molar-refractivity contribution is -0.118. The number of benzene rings is 2. The highest BCUT2D eigenvalue weighted by atomic mass is 35.5. The number of thioether (sulfide) groups is 1. The van der Waals surface area contributed by atoms with Crippen molar-refractivity contribution in [3.05, 3.63) is 59.1 Å². The van der Waals surface area contributed by atoms with Crippen LogP contribution in [0.15, 0.2) is 58.2 Å². The summed E-state index contributed by atoms with van der Waals surface area (Å²) in [5.74, 6) is 1.21. The van der Waals surface area contributed by atoms with Gasteiger partial charge < -0.3 is 14.5 Å². The van der Waals surface area contributed by atoms with Gasteiger partial charge in [0.25, 0.3) is 5.22 Å². The van der Waals surface area contributed by atoms with Crippen LogP contribution in [0.2, 0.25) is 5.02 Å². The molecule has 0 unspecified atom stereocenters. The Labute approximate surface area is 166 Å². The molecule has 0 spiro atoms. The smallest absolute Gasteiger partial charge is 0.277 e. The number of rotatable bonds is 8. The van der Waals surface area contributed by atoms with Crippen molar-refractivity contribution in [2.45, 2.75) is 12.1 Å². The van der Waals surface area contributed by atoms with Crippen molar-refractivity contribution < 1.29 is 13.9 Å². The Bertz CT molecular complexity index is 882. The van der Waals surface area contributed by atoms with Gasteiger partial charge in [0, 0.05) is 10.6 Å². The molecule has 1 aromatic heterocycles. The van der Waals surface area contributed by atoms with Crippen LogP contribution in [0.25, 0.3) is 11.5 Å². The minimum atomic E-state index is -0.130. The zero-order valence-corrected chi connectivity index (χ0v) is 16.2.